The van der Waals surface area contributed by atoms with Crippen LogP contribution in [0.25, 0.3) is 0 Å². The zero-order chi connectivity index (χ0) is 5.98. The van der Waals surface area contributed by atoms with Gasteiger partial charge in [0.25, 0.3) is 6.02 Å². The van der Waals surface area contributed by atoms with Crippen molar-refractivity contribution in [3.8, 4) is 0 Å². The van der Waals surface area contributed by atoms with Gasteiger partial charge in [-0.2, -0.15) is 0 Å². The third-order valence-electron chi connectivity index (χ3n) is 1.13. The number of hydrogen-bond donors (Lipinski definition) is 1. The second kappa shape index (κ2) is 2.03. The molecule has 8 heavy (non-hydrogen) atoms. The third kappa shape index (κ3) is 1.12. The first-order valence-electron chi connectivity index (χ1n) is 2.75. The largest absolute Gasteiger partial charge is 0.465 e. The monoisotopic (exact) mass is 114 g/mol. The van der Waals surface area contributed by atoms with Crippen molar-refractivity contribution < 1.29 is 4.74 Å². The maximum Gasteiger partial charge on any atom is 0.282 e. The lowest BCUT2D eigenvalue weighted by molar-refractivity contribution is 0.260. The van der Waals surface area contributed by atoms with Crippen LogP contribution in [-0.2, 0) is 4.74 Å². The van der Waals surface area contributed by atoms with Crippen LogP contribution < -0.4 is 5.73 Å². The van der Waals surface area contributed by atoms with Crippen molar-refractivity contribution in [1.82, 2.24) is 0 Å². The first kappa shape index (κ1) is 5.41. The van der Waals surface area contributed by atoms with E-state index < -0.39 is 0 Å². The normalized spacial score (nSPS) is 28.6. The van der Waals surface area contributed by atoms with Gasteiger partial charge in [0.1, 0.15) is 0 Å². The summed E-state index contributed by atoms with van der Waals surface area (Å²) in [5.41, 5.74) is 5.25. The molecule has 3 heteroatoms. The first-order valence-corrected chi connectivity index (χ1v) is 2.75. The van der Waals surface area contributed by atoms with Crippen LogP contribution in [0.4, 0.5) is 0 Å². The van der Waals surface area contributed by atoms with E-state index in [4.69, 9.17) is 10.5 Å². The molecule has 0 aromatic carbocycles. The number of rotatable bonds is 0. The van der Waals surface area contributed by atoms with Crippen LogP contribution in [0.15, 0.2) is 4.99 Å². The van der Waals surface area contributed by atoms with E-state index in [1.54, 1.807) is 0 Å². The van der Waals surface area contributed by atoms with Crippen LogP contribution >= 0.6 is 0 Å². The van der Waals surface area contributed by atoms with Crippen LogP contribution in [0.5, 0.6) is 0 Å². The Morgan fingerprint density at radius 2 is 2.62 bits per heavy atom. The fourth-order valence-electron chi connectivity index (χ4n) is 0.653. The molecule has 0 saturated carbocycles. The molecule has 1 heterocycles. The SMILES string of the molecule is C[C@H]1CCOC(N)=N1. The highest BCUT2D eigenvalue weighted by Crippen LogP contribution is 2.02. The Morgan fingerprint density at radius 1 is 1.88 bits per heavy atom. The molecule has 0 saturated heterocycles. The predicted octanol–water partition coefficient (Wildman–Crippen LogP) is 0.110. The first-order chi connectivity index (χ1) is 3.79. The Bertz CT molecular complexity index is 111. The summed E-state index contributed by atoms with van der Waals surface area (Å²) in [4.78, 5) is 3.95. The van der Waals surface area contributed by atoms with Crippen molar-refractivity contribution in [2.45, 2.75) is 19.4 Å². The van der Waals surface area contributed by atoms with Gasteiger partial charge in [-0.25, -0.2) is 4.99 Å². The average molecular weight is 114 g/mol. The highest BCUT2D eigenvalue weighted by atomic mass is 16.5. The molecule has 0 fully saturated rings. The highest BCUT2D eigenvalue weighted by Gasteiger charge is 2.06. The minimum Gasteiger partial charge on any atom is -0.465 e. The highest BCUT2D eigenvalue weighted by molar-refractivity contribution is 5.71. The van der Waals surface area contributed by atoms with Crippen molar-refractivity contribution in [1.29, 1.82) is 0 Å². The predicted molar refractivity (Wildman–Crippen MR) is 31.7 cm³/mol. The molecule has 46 valence electrons. The molecular weight excluding hydrogens is 104 g/mol. The van der Waals surface area contributed by atoms with Crippen molar-refractivity contribution in [3.63, 3.8) is 0 Å². The molecule has 0 radical (unpaired) electrons. The van der Waals surface area contributed by atoms with Gasteiger partial charge in [0.05, 0.1) is 12.6 Å². The standard InChI is InChI=1S/C5H10N2O/c1-4-2-3-8-5(6)7-4/h4H,2-3H2,1H3,(H2,6,7)/t4-/m0/s1. The molecule has 0 aromatic rings. The minimum atomic E-state index is 0.337. The Balaban J connectivity index is 2.50. The fourth-order valence-corrected chi connectivity index (χ4v) is 0.653. The molecule has 1 rings (SSSR count). The molecule has 0 bridgehead atoms. The van der Waals surface area contributed by atoms with Crippen molar-refractivity contribution in [3.05, 3.63) is 0 Å². The molecule has 3 nitrogen and oxygen atoms in total. The lowest BCUT2D eigenvalue weighted by atomic mass is 10.2. The zero-order valence-electron chi connectivity index (χ0n) is 4.92. The number of nitrogens with zero attached hydrogens (tertiary/aromatic N) is 1. The molecule has 0 amide bonds. The van der Waals surface area contributed by atoms with E-state index in [-0.39, 0.29) is 0 Å². The fraction of sp³-hybridized carbons (Fsp3) is 0.800. The molecule has 0 spiro atoms. The number of hydrogen-bond acceptors (Lipinski definition) is 3. The Hall–Kier alpha value is -0.730. The van der Waals surface area contributed by atoms with Gasteiger partial charge in [0.15, 0.2) is 0 Å². The van der Waals surface area contributed by atoms with E-state index in [1.165, 1.54) is 0 Å². The van der Waals surface area contributed by atoms with E-state index in [1.807, 2.05) is 6.92 Å². The minimum absolute atomic E-state index is 0.337. The van der Waals surface area contributed by atoms with Gasteiger partial charge < -0.3 is 10.5 Å². The number of amidine groups is 1. The zero-order valence-corrected chi connectivity index (χ0v) is 4.92. The molecule has 2 N–H and O–H groups in total. The molecular formula is C5H10N2O. The van der Waals surface area contributed by atoms with E-state index in [9.17, 15) is 0 Å². The maximum absolute atomic E-state index is 5.25. The second-order valence-electron chi connectivity index (χ2n) is 1.95. The van der Waals surface area contributed by atoms with Gasteiger partial charge in [-0.1, -0.05) is 0 Å². The second-order valence-corrected chi connectivity index (χ2v) is 1.95. The summed E-state index contributed by atoms with van der Waals surface area (Å²) in [6.07, 6.45) is 0.987. The van der Waals surface area contributed by atoms with Gasteiger partial charge in [-0.3, -0.25) is 0 Å². The van der Waals surface area contributed by atoms with Crippen LogP contribution in [-0.4, -0.2) is 18.7 Å². The van der Waals surface area contributed by atoms with Gasteiger partial charge >= 0.3 is 0 Å². The molecule has 0 unspecified atom stereocenters. The van der Waals surface area contributed by atoms with Crippen LogP contribution in [0.1, 0.15) is 13.3 Å². The summed E-state index contributed by atoms with van der Waals surface area (Å²) in [6, 6.07) is 0.688. The van der Waals surface area contributed by atoms with E-state index >= 15 is 0 Å². The van der Waals surface area contributed by atoms with Gasteiger partial charge in [-0.15, -0.1) is 0 Å². The van der Waals surface area contributed by atoms with Crippen LogP contribution in [0.3, 0.4) is 0 Å². The van der Waals surface area contributed by atoms with Gasteiger partial charge in [0.2, 0.25) is 0 Å². The van der Waals surface area contributed by atoms with Crippen molar-refractivity contribution in [2.75, 3.05) is 6.61 Å². The van der Waals surface area contributed by atoms with Crippen LogP contribution in [0.2, 0.25) is 0 Å². The van der Waals surface area contributed by atoms with Crippen LogP contribution in [0, 0.1) is 0 Å². The third-order valence-corrected chi connectivity index (χ3v) is 1.13. The smallest absolute Gasteiger partial charge is 0.282 e. The summed E-state index contributed by atoms with van der Waals surface area (Å²) in [5.74, 6) is 0. The van der Waals surface area contributed by atoms with Crippen molar-refractivity contribution in [2.24, 2.45) is 10.7 Å². The molecule has 1 atom stereocenters. The number of aliphatic imine (C=N–C) groups is 1. The maximum atomic E-state index is 5.25. The Morgan fingerprint density at radius 3 is 3.00 bits per heavy atom. The quantitative estimate of drug-likeness (QED) is 0.486. The van der Waals surface area contributed by atoms with E-state index in [0.717, 1.165) is 13.0 Å². The summed E-state index contributed by atoms with van der Waals surface area (Å²) in [5, 5.41) is 0. The summed E-state index contributed by atoms with van der Waals surface area (Å²) >= 11 is 0. The van der Waals surface area contributed by atoms with E-state index in [2.05, 4.69) is 4.99 Å². The molecule has 1 aliphatic rings. The topological polar surface area (TPSA) is 47.6 Å². The average Bonchev–Trinajstić information content (AvgIpc) is 1.64. The van der Waals surface area contributed by atoms with E-state index in [0.29, 0.717) is 12.1 Å². The summed E-state index contributed by atoms with van der Waals surface area (Å²) in [7, 11) is 0. The number of nitrogens with two attached hydrogens (primary N) is 1. The Labute approximate surface area is 48.5 Å². The van der Waals surface area contributed by atoms with Gasteiger partial charge in [-0.05, 0) is 6.92 Å². The number of ether oxygens (including phenoxy) is 1. The van der Waals surface area contributed by atoms with Gasteiger partial charge in [0, 0.05) is 6.42 Å². The lowest BCUT2D eigenvalue weighted by Crippen LogP contribution is -2.25. The van der Waals surface area contributed by atoms with Crippen molar-refractivity contribution >= 4 is 6.02 Å². The lowest BCUT2D eigenvalue weighted by Gasteiger charge is -2.14. The summed E-state index contributed by atoms with van der Waals surface area (Å²) < 4.78 is 4.88. The summed E-state index contributed by atoms with van der Waals surface area (Å²) in [6.45, 7) is 2.74. The molecule has 1 aliphatic heterocycles. The molecule has 0 aliphatic carbocycles. The Kier molecular flexibility index (Phi) is 1.37. The molecule has 0 aromatic heterocycles.